The first-order valence-electron chi connectivity index (χ1n) is 7.58. The van der Waals surface area contributed by atoms with Crippen molar-refractivity contribution in [3.8, 4) is 0 Å². The predicted molar refractivity (Wildman–Crippen MR) is 90.4 cm³/mol. The van der Waals surface area contributed by atoms with Crippen molar-refractivity contribution in [1.82, 2.24) is 9.88 Å². The second-order valence-electron chi connectivity index (χ2n) is 5.51. The molecule has 1 aliphatic heterocycles. The Kier molecular flexibility index (Phi) is 4.88. The number of aromatic nitrogens is 1. The zero-order valence-corrected chi connectivity index (χ0v) is 13.7. The van der Waals surface area contributed by atoms with E-state index in [2.05, 4.69) is 20.1 Å². The molecule has 1 aliphatic rings. The number of nitrogens with zero attached hydrogens (tertiary/aromatic N) is 3. The molecule has 1 N–H and O–H groups in total. The molecule has 3 rings (SSSR count). The SMILES string of the molecule is C[C@H](C(=O)Nc1ccc(F)cc1)N1CCN(c2nccs2)CC1. The highest BCUT2D eigenvalue weighted by Crippen LogP contribution is 2.20. The number of benzene rings is 1. The first kappa shape index (κ1) is 15.9. The number of rotatable bonds is 4. The molecule has 0 bridgehead atoms. The van der Waals surface area contributed by atoms with Crippen LogP contribution in [0.25, 0.3) is 0 Å². The summed E-state index contributed by atoms with van der Waals surface area (Å²) in [5.41, 5.74) is 0.615. The topological polar surface area (TPSA) is 48.5 Å². The van der Waals surface area contributed by atoms with Crippen molar-refractivity contribution < 1.29 is 9.18 Å². The van der Waals surface area contributed by atoms with Crippen LogP contribution in [0.1, 0.15) is 6.92 Å². The molecule has 1 aromatic carbocycles. The molecule has 7 heteroatoms. The van der Waals surface area contributed by atoms with E-state index in [0.29, 0.717) is 5.69 Å². The molecule has 0 unspecified atom stereocenters. The van der Waals surface area contributed by atoms with Crippen LogP contribution >= 0.6 is 11.3 Å². The number of anilines is 2. The van der Waals surface area contributed by atoms with Gasteiger partial charge < -0.3 is 10.2 Å². The summed E-state index contributed by atoms with van der Waals surface area (Å²) in [6, 6.07) is 5.60. The van der Waals surface area contributed by atoms with Crippen molar-refractivity contribution in [3.63, 3.8) is 0 Å². The summed E-state index contributed by atoms with van der Waals surface area (Å²) in [7, 11) is 0. The van der Waals surface area contributed by atoms with E-state index < -0.39 is 0 Å². The largest absolute Gasteiger partial charge is 0.346 e. The standard InChI is InChI=1S/C16H19FN4OS/c1-12(15(22)19-14-4-2-13(17)3-5-14)20-7-9-21(10-8-20)16-18-6-11-23-16/h2-6,11-12H,7-10H2,1H3,(H,19,22)/t12-/m1/s1. The minimum atomic E-state index is -0.311. The Morgan fingerprint density at radius 3 is 2.57 bits per heavy atom. The van der Waals surface area contributed by atoms with E-state index in [0.717, 1.165) is 31.3 Å². The monoisotopic (exact) mass is 334 g/mol. The third kappa shape index (κ3) is 3.86. The van der Waals surface area contributed by atoms with E-state index in [-0.39, 0.29) is 17.8 Å². The number of piperazine rings is 1. The van der Waals surface area contributed by atoms with Gasteiger partial charge in [0.25, 0.3) is 0 Å². The lowest BCUT2D eigenvalue weighted by atomic mass is 10.2. The Balaban J connectivity index is 1.53. The minimum Gasteiger partial charge on any atom is -0.346 e. The fraction of sp³-hybridized carbons (Fsp3) is 0.375. The molecule has 2 heterocycles. The van der Waals surface area contributed by atoms with Gasteiger partial charge in [-0.05, 0) is 31.2 Å². The van der Waals surface area contributed by atoms with Gasteiger partial charge in [-0.1, -0.05) is 0 Å². The van der Waals surface area contributed by atoms with E-state index in [4.69, 9.17) is 0 Å². The van der Waals surface area contributed by atoms with E-state index >= 15 is 0 Å². The first-order chi connectivity index (χ1) is 11.1. The Morgan fingerprint density at radius 2 is 1.96 bits per heavy atom. The summed E-state index contributed by atoms with van der Waals surface area (Å²) < 4.78 is 12.9. The Labute approximate surface area is 138 Å². The maximum Gasteiger partial charge on any atom is 0.241 e. The lowest BCUT2D eigenvalue weighted by molar-refractivity contribution is -0.120. The second kappa shape index (κ2) is 7.06. The number of thiazole rings is 1. The van der Waals surface area contributed by atoms with Crippen molar-refractivity contribution in [2.75, 3.05) is 36.4 Å². The van der Waals surface area contributed by atoms with Gasteiger partial charge >= 0.3 is 0 Å². The molecule has 1 saturated heterocycles. The van der Waals surface area contributed by atoms with Crippen molar-refractivity contribution in [1.29, 1.82) is 0 Å². The van der Waals surface area contributed by atoms with Crippen LogP contribution in [0.3, 0.4) is 0 Å². The third-order valence-electron chi connectivity index (χ3n) is 4.04. The molecule has 0 radical (unpaired) electrons. The van der Waals surface area contributed by atoms with Gasteiger partial charge in [-0.2, -0.15) is 0 Å². The van der Waals surface area contributed by atoms with Crippen LogP contribution in [0.15, 0.2) is 35.8 Å². The number of hydrogen-bond acceptors (Lipinski definition) is 5. The summed E-state index contributed by atoms with van der Waals surface area (Å²) in [5.74, 6) is -0.381. The molecule has 1 atom stereocenters. The quantitative estimate of drug-likeness (QED) is 0.933. The van der Waals surface area contributed by atoms with Crippen LogP contribution in [0.5, 0.6) is 0 Å². The fourth-order valence-electron chi connectivity index (χ4n) is 2.62. The molecule has 0 aliphatic carbocycles. The molecule has 0 spiro atoms. The highest BCUT2D eigenvalue weighted by molar-refractivity contribution is 7.13. The normalized spacial score (nSPS) is 17.0. The van der Waals surface area contributed by atoms with Crippen molar-refractivity contribution in [2.24, 2.45) is 0 Å². The maximum atomic E-state index is 12.9. The van der Waals surface area contributed by atoms with Gasteiger partial charge in [0, 0.05) is 43.4 Å². The van der Waals surface area contributed by atoms with Crippen LogP contribution < -0.4 is 10.2 Å². The van der Waals surface area contributed by atoms with Crippen LogP contribution in [-0.2, 0) is 4.79 Å². The molecule has 5 nitrogen and oxygen atoms in total. The lowest BCUT2D eigenvalue weighted by Gasteiger charge is -2.37. The van der Waals surface area contributed by atoms with Gasteiger partial charge in [0.05, 0.1) is 6.04 Å². The molecule has 1 aromatic heterocycles. The highest BCUT2D eigenvalue weighted by atomic mass is 32.1. The van der Waals surface area contributed by atoms with Gasteiger partial charge in [-0.15, -0.1) is 11.3 Å². The van der Waals surface area contributed by atoms with Crippen LogP contribution in [0.2, 0.25) is 0 Å². The van der Waals surface area contributed by atoms with E-state index in [1.54, 1.807) is 23.5 Å². The summed E-state index contributed by atoms with van der Waals surface area (Å²) in [4.78, 5) is 21.1. The number of nitrogens with one attached hydrogen (secondary N) is 1. The summed E-state index contributed by atoms with van der Waals surface area (Å²) in [6.07, 6.45) is 1.81. The smallest absolute Gasteiger partial charge is 0.241 e. The molecule has 122 valence electrons. The number of amides is 1. The van der Waals surface area contributed by atoms with Crippen LogP contribution in [-0.4, -0.2) is 48.0 Å². The fourth-order valence-corrected chi connectivity index (χ4v) is 3.32. The van der Waals surface area contributed by atoms with Gasteiger partial charge in [0.1, 0.15) is 5.82 Å². The zero-order chi connectivity index (χ0) is 16.2. The number of carbonyl (C=O) groups is 1. The number of hydrogen-bond donors (Lipinski definition) is 1. The van der Waals surface area contributed by atoms with Crippen molar-refractivity contribution >= 4 is 28.1 Å². The van der Waals surface area contributed by atoms with Gasteiger partial charge in [0.2, 0.25) is 5.91 Å². The summed E-state index contributed by atoms with van der Waals surface area (Å²) in [6.45, 7) is 5.26. The Bertz CT molecular complexity index is 639. The second-order valence-corrected chi connectivity index (χ2v) is 6.38. The third-order valence-corrected chi connectivity index (χ3v) is 4.88. The van der Waals surface area contributed by atoms with E-state index in [9.17, 15) is 9.18 Å². The molecule has 1 fully saturated rings. The van der Waals surface area contributed by atoms with Crippen LogP contribution in [0.4, 0.5) is 15.2 Å². The van der Waals surface area contributed by atoms with Crippen molar-refractivity contribution in [2.45, 2.75) is 13.0 Å². The van der Waals surface area contributed by atoms with Crippen molar-refractivity contribution in [3.05, 3.63) is 41.7 Å². The van der Waals surface area contributed by atoms with Gasteiger partial charge in [0.15, 0.2) is 5.13 Å². The van der Waals surface area contributed by atoms with Gasteiger partial charge in [-0.3, -0.25) is 9.69 Å². The van der Waals surface area contributed by atoms with E-state index in [1.165, 1.54) is 12.1 Å². The minimum absolute atomic E-state index is 0.0701. The maximum absolute atomic E-state index is 12.9. The molecule has 1 amide bonds. The molecule has 23 heavy (non-hydrogen) atoms. The van der Waals surface area contributed by atoms with Crippen LogP contribution in [0, 0.1) is 5.82 Å². The molecule has 0 saturated carbocycles. The highest BCUT2D eigenvalue weighted by Gasteiger charge is 2.26. The predicted octanol–water partition coefficient (Wildman–Crippen LogP) is 2.43. The molecule has 2 aromatic rings. The average Bonchev–Trinajstić information content (AvgIpc) is 3.11. The zero-order valence-electron chi connectivity index (χ0n) is 12.9. The summed E-state index contributed by atoms with van der Waals surface area (Å²) in [5, 5.41) is 5.84. The first-order valence-corrected chi connectivity index (χ1v) is 8.46. The Morgan fingerprint density at radius 1 is 1.26 bits per heavy atom. The molecular formula is C16H19FN4OS. The number of halogens is 1. The Hall–Kier alpha value is -1.99. The lowest BCUT2D eigenvalue weighted by Crippen LogP contribution is -2.52. The number of carbonyl (C=O) groups excluding carboxylic acids is 1. The van der Waals surface area contributed by atoms with E-state index in [1.807, 2.05) is 18.5 Å². The summed E-state index contributed by atoms with van der Waals surface area (Å²) >= 11 is 1.63. The average molecular weight is 334 g/mol. The molecular weight excluding hydrogens is 315 g/mol. The van der Waals surface area contributed by atoms with Gasteiger partial charge in [-0.25, -0.2) is 9.37 Å².